The molecule has 114 valence electrons. The van der Waals surface area contributed by atoms with Gasteiger partial charge in [-0.15, -0.1) is 0 Å². The lowest BCUT2D eigenvalue weighted by atomic mass is 10.1. The third kappa shape index (κ3) is 3.44. The van der Waals surface area contributed by atoms with Gasteiger partial charge >= 0.3 is 0 Å². The minimum atomic E-state index is 0.110. The summed E-state index contributed by atoms with van der Waals surface area (Å²) in [5, 5.41) is 0. The van der Waals surface area contributed by atoms with Gasteiger partial charge < -0.3 is 9.80 Å². The molecular weight excluding hydrogens is 344 g/mol. The number of benzene rings is 1. The molecule has 1 saturated heterocycles. The van der Waals surface area contributed by atoms with E-state index in [9.17, 15) is 4.79 Å². The van der Waals surface area contributed by atoms with E-state index < -0.39 is 0 Å². The van der Waals surface area contributed by atoms with Gasteiger partial charge in [-0.05, 0) is 28.4 Å². The van der Waals surface area contributed by atoms with Crippen LogP contribution in [0.1, 0.15) is 11.1 Å². The number of rotatable bonds is 3. The fraction of sp³-hybridized carbons (Fsp3) is 0.312. The summed E-state index contributed by atoms with van der Waals surface area (Å²) in [6.07, 6.45) is 3.40. The molecule has 1 aromatic heterocycles. The maximum absolute atomic E-state index is 12.4. The number of amides is 1. The summed E-state index contributed by atoms with van der Waals surface area (Å²) in [6, 6.07) is 8.27. The molecule has 2 aromatic rings. The van der Waals surface area contributed by atoms with Crippen molar-refractivity contribution < 1.29 is 4.79 Å². The van der Waals surface area contributed by atoms with E-state index in [2.05, 4.69) is 51.0 Å². The van der Waals surface area contributed by atoms with Gasteiger partial charge in [-0.3, -0.25) is 4.79 Å². The summed E-state index contributed by atoms with van der Waals surface area (Å²) in [5.41, 5.74) is 2.38. The van der Waals surface area contributed by atoms with E-state index in [4.69, 9.17) is 0 Å². The van der Waals surface area contributed by atoms with E-state index >= 15 is 0 Å². The summed E-state index contributed by atoms with van der Waals surface area (Å²) < 4.78 is 0.834. The van der Waals surface area contributed by atoms with E-state index in [1.807, 2.05) is 15.9 Å². The first-order chi connectivity index (χ1) is 10.6. The molecule has 1 aromatic carbocycles. The van der Waals surface area contributed by atoms with Crippen LogP contribution < -0.4 is 4.90 Å². The first-order valence-corrected chi connectivity index (χ1v) is 7.97. The molecule has 3 rings (SSSR count). The fourth-order valence-electron chi connectivity index (χ4n) is 2.55. The third-order valence-electron chi connectivity index (χ3n) is 3.66. The Morgan fingerprint density at radius 2 is 2.00 bits per heavy atom. The molecule has 0 spiro atoms. The zero-order valence-electron chi connectivity index (χ0n) is 12.4. The van der Waals surface area contributed by atoms with Crippen LogP contribution in [0.5, 0.6) is 0 Å². The largest absolute Gasteiger partial charge is 0.335 e. The van der Waals surface area contributed by atoms with Crippen molar-refractivity contribution in [3.8, 4) is 0 Å². The molecule has 0 saturated carbocycles. The van der Waals surface area contributed by atoms with Gasteiger partial charge in [0.15, 0.2) is 0 Å². The van der Waals surface area contributed by atoms with Gasteiger partial charge in [0.2, 0.25) is 11.9 Å². The summed E-state index contributed by atoms with van der Waals surface area (Å²) >= 11 is 3.32. The molecule has 1 fully saturated rings. The van der Waals surface area contributed by atoms with Crippen LogP contribution in [-0.2, 0) is 11.3 Å². The minimum Gasteiger partial charge on any atom is -0.335 e. The zero-order valence-corrected chi connectivity index (χ0v) is 14.0. The number of carbonyl (C=O) groups excluding carboxylic acids is 1. The van der Waals surface area contributed by atoms with Crippen LogP contribution in [0.4, 0.5) is 5.95 Å². The Labute approximate surface area is 138 Å². The summed E-state index contributed by atoms with van der Waals surface area (Å²) in [4.78, 5) is 24.7. The number of anilines is 1. The van der Waals surface area contributed by atoms with E-state index in [0.717, 1.165) is 11.0 Å². The highest BCUT2D eigenvalue weighted by molar-refractivity contribution is 9.10. The summed E-state index contributed by atoms with van der Waals surface area (Å²) in [6.45, 7) is 4.49. The highest BCUT2D eigenvalue weighted by Crippen LogP contribution is 2.16. The lowest BCUT2D eigenvalue weighted by Gasteiger charge is -2.34. The molecule has 0 radical (unpaired) electrons. The zero-order chi connectivity index (χ0) is 15.5. The first-order valence-electron chi connectivity index (χ1n) is 7.17. The molecule has 2 heterocycles. The second-order valence-electron chi connectivity index (χ2n) is 5.43. The van der Waals surface area contributed by atoms with Crippen LogP contribution in [0.2, 0.25) is 0 Å². The van der Waals surface area contributed by atoms with Gasteiger partial charge in [0.05, 0.1) is 4.47 Å². The predicted molar refractivity (Wildman–Crippen MR) is 88.5 cm³/mol. The Balaban J connectivity index is 1.65. The fourth-order valence-corrected chi connectivity index (χ4v) is 2.75. The van der Waals surface area contributed by atoms with E-state index in [-0.39, 0.29) is 5.91 Å². The molecule has 0 atom stereocenters. The van der Waals surface area contributed by atoms with E-state index in [1.165, 1.54) is 11.1 Å². The first kappa shape index (κ1) is 15.0. The maximum Gasteiger partial charge on any atom is 0.242 e. The van der Waals surface area contributed by atoms with Crippen molar-refractivity contribution in [1.29, 1.82) is 0 Å². The number of aromatic nitrogens is 2. The number of carbonyl (C=O) groups is 1. The molecule has 22 heavy (non-hydrogen) atoms. The number of piperazine rings is 1. The second kappa shape index (κ2) is 6.44. The molecule has 0 unspecified atom stereocenters. The number of hydrogen-bond donors (Lipinski definition) is 0. The van der Waals surface area contributed by atoms with Crippen LogP contribution in [0.25, 0.3) is 0 Å². The van der Waals surface area contributed by atoms with Gasteiger partial charge in [-0.1, -0.05) is 29.8 Å². The SMILES string of the molecule is Cc1cccc(CN2CCN(c3ncc(Br)cn3)CC2=O)c1. The Bertz CT molecular complexity index is 674. The predicted octanol–water partition coefficient (Wildman–Crippen LogP) is 2.40. The number of nitrogens with zero attached hydrogens (tertiary/aromatic N) is 4. The van der Waals surface area contributed by atoms with Crippen LogP contribution >= 0.6 is 15.9 Å². The molecule has 6 heteroatoms. The Morgan fingerprint density at radius 3 is 2.68 bits per heavy atom. The molecule has 0 aliphatic carbocycles. The monoisotopic (exact) mass is 360 g/mol. The van der Waals surface area contributed by atoms with E-state index in [1.54, 1.807) is 12.4 Å². The van der Waals surface area contributed by atoms with Gasteiger partial charge in [0.25, 0.3) is 0 Å². The average Bonchev–Trinajstić information content (AvgIpc) is 2.50. The number of aryl methyl sites for hydroxylation is 1. The molecule has 0 N–H and O–H groups in total. The van der Waals surface area contributed by atoms with Crippen molar-refractivity contribution in [2.45, 2.75) is 13.5 Å². The number of halogens is 1. The summed E-state index contributed by atoms with van der Waals surface area (Å²) in [5.74, 6) is 0.714. The highest BCUT2D eigenvalue weighted by atomic mass is 79.9. The third-order valence-corrected chi connectivity index (χ3v) is 4.07. The number of hydrogen-bond acceptors (Lipinski definition) is 4. The van der Waals surface area contributed by atoms with Gasteiger partial charge in [-0.25, -0.2) is 9.97 Å². The van der Waals surface area contributed by atoms with Gasteiger partial charge in [0.1, 0.15) is 6.54 Å². The lowest BCUT2D eigenvalue weighted by Crippen LogP contribution is -2.50. The molecule has 1 amide bonds. The molecule has 1 aliphatic heterocycles. The maximum atomic E-state index is 12.4. The highest BCUT2D eigenvalue weighted by Gasteiger charge is 2.25. The molecule has 0 bridgehead atoms. The normalized spacial score (nSPS) is 15.3. The van der Waals surface area contributed by atoms with Crippen LogP contribution in [0.15, 0.2) is 41.1 Å². The van der Waals surface area contributed by atoms with Crippen molar-refractivity contribution in [3.63, 3.8) is 0 Å². The molecular formula is C16H17BrN4O. The Kier molecular flexibility index (Phi) is 4.38. The standard InChI is InChI=1S/C16H17BrN4O/c1-12-3-2-4-13(7-12)10-20-5-6-21(11-15(20)22)16-18-8-14(17)9-19-16/h2-4,7-9H,5-6,10-11H2,1H3. The Morgan fingerprint density at radius 1 is 1.23 bits per heavy atom. The van der Waals surface area contributed by atoms with E-state index in [0.29, 0.717) is 25.6 Å². The van der Waals surface area contributed by atoms with Crippen molar-refractivity contribution in [2.75, 3.05) is 24.5 Å². The van der Waals surface area contributed by atoms with Crippen LogP contribution in [0.3, 0.4) is 0 Å². The Hall–Kier alpha value is -1.95. The molecule has 1 aliphatic rings. The van der Waals surface area contributed by atoms with Crippen LogP contribution in [0, 0.1) is 6.92 Å². The molecule has 5 nitrogen and oxygen atoms in total. The van der Waals surface area contributed by atoms with Crippen molar-refractivity contribution >= 4 is 27.8 Å². The van der Waals surface area contributed by atoms with Gasteiger partial charge in [0, 0.05) is 32.0 Å². The minimum absolute atomic E-state index is 0.110. The summed E-state index contributed by atoms with van der Waals surface area (Å²) in [7, 11) is 0. The van der Waals surface area contributed by atoms with Gasteiger partial charge in [-0.2, -0.15) is 0 Å². The smallest absolute Gasteiger partial charge is 0.242 e. The van der Waals surface area contributed by atoms with Crippen molar-refractivity contribution in [3.05, 3.63) is 52.3 Å². The topological polar surface area (TPSA) is 49.3 Å². The average molecular weight is 361 g/mol. The van der Waals surface area contributed by atoms with Crippen LogP contribution in [-0.4, -0.2) is 40.4 Å². The quantitative estimate of drug-likeness (QED) is 0.843. The van der Waals surface area contributed by atoms with Crippen molar-refractivity contribution in [2.24, 2.45) is 0 Å². The second-order valence-corrected chi connectivity index (χ2v) is 6.34. The van der Waals surface area contributed by atoms with Crippen molar-refractivity contribution in [1.82, 2.24) is 14.9 Å². The lowest BCUT2D eigenvalue weighted by molar-refractivity contribution is -0.131.